The molecule has 0 amide bonds. The highest BCUT2D eigenvalue weighted by Crippen LogP contribution is 2.75. The van der Waals surface area contributed by atoms with Gasteiger partial charge in [-0.3, -0.25) is 0 Å². The van der Waals surface area contributed by atoms with Gasteiger partial charge in [-0.2, -0.15) is 0 Å². The van der Waals surface area contributed by atoms with Crippen LogP contribution in [-0.2, 0) is 42.7 Å². The van der Waals surface area contributed by atoms with Crippen molar-refractivity contribution in [3.8, 4) is 0 Å². The van der Waals surface area contributed by atoms with E-state index in [1.54, 1.807) is 26.0 Å². The molecule has 7 rings (SSSR count). The summed E-state index contributed by atoms with van der Waals surface area (Å²) in [6.45, 7) is 7.67. The van der Waals surface area contributed by atoms with E-state index in [2.05, 4.69) is 13.8 Å². The van der Waals surface area contributed by atoms with Crippen LogP contribution in [0.15, 0.2) is 24.3 Å². The molecule has 40 heavy (non-hydrogen) atoms. The molecule has 2 N–H and O–H groups in total. The van der Waals surface area contributed by atoms with Crippen molar-refractivity contribution >= 4 is 11.9 Å². The Hall–Kier alpha value is -1.86. The molecule has 2 unspecified atom stereocenters. The number of aliphatic hydroxyl groups is 2. The second kappa shape index (κ2) is 8.59. The molecule has 6 fully saturated rings. The first-order valence-electron chi connectivity index (χ1n) is 14.3. The van der Waals surface area contributed by atoms with Gasteiger partial charge in [0.2, 0.25) is 0 Å². The van der Waals surface area contributed by atoms with Gasteiger partial charge in [0.15, 0.2) is 6.10 Å². The maximum Gasteiger partial charge on any atom is 0.338 e. The summed E-state index contributed by atoms with van der Waals surface area (Å²) in [6, 6.07) is 0. The van der Waals surface area contributed by atoms with Crippen LogP contribution in [0.25, 0.3) is 0 Å². The summed E-state index contributed by atoms with van der Waals surface area (Å²) >= 11 is 0. The average molecular weight is 563 g/mol. The van der Waals surface area contributed by atoms with Gasteiger partial charge in [0, 0.05) is 17.9 Å². The maximum atomic E-state index is 13.4. The lowest BCUT2D eigenvalue weighted by Crippen LogP contribution is -2.69. The lowest BCUT2D eigenvalue weighted by molar-refractivity contribution is -0.251. The quantitative estimate of drug-likeness (QED) is 0.344. The second-order valence-corrected chi connectivity index (χ2v) is 13.2. The first-order valence-corrected chi connectivity index (χ1v) is 14.3. The van der Waals surface area contributed by atoms with Crippen molar-refractivity contribution in [1.29, 1.82) is 0 Å². The minimum atomic E-state index is -1.18. The van der Waals surface area contributed by atoms with Gasteiger partial charge in [-0.1, -0.05) is 25.2 Å². The van der Waals surface area contributed by atoms with E-state index in [9.17, 15) is 19.8 Å². The summed E-state index contributed by atoms with van der Waals surface area (Å²) in [6.07, 6.45) is 2.83. The first kappa shape index (κ1) is 27.0. The van der Waals surface area contributed by atoms with Crippen LogP contribution in [-0.4, -0.2) is 108 Å². The van der Waals surface area contributed by atoms with Crippen molar-refractivity contribution in [3.63, 3.8) is 0 Å². The number of allylic oxidation sites excluding steroid dienone is 2. The van der Waals surface area contributed by atoms with Crippen LogP contribution in [0.4, 0.5) is 0 Å². The molecule has 2 aliphatic carbocycles. The van der Waals surface area contributed by atoms with Crippen molar-refractivity contribution in [3.05, 3.63) is 24.3 Å². The predicted octanol–water partition coefficient (Wildman–Crippen LogP) is 0.736. The molecule has 11 heteroatoms. The molecular formula is C29H38O11. The highest BCUT2D eigenvalue weighted by atomic mass is 16.7. The molecule has 2 saturated carbocycles. The minimum absolute atomic E-state index is 0.0139. The topological polar surface area (TPSA) is 149 Å². The van der Waals surface area contributed by atoms with Crippen molar-refractivity contribution < 1.29 is 53.0 Å². The highest BCUT2D eigenvalue weighted by Gasteiger charge is 2.86. The molecule has 0 aromatic rings. The van der Waals surface area contributed by atoms with E-state index < -0.39 is 64.5 Å². The molecule has 11 nitrogen and oxygen atoms in total. The van der Waals surface area contributed by atoms with E-state index in [-0.39, 0.29) is 37.1 Å². The predicted molar refractivity (Wildman–Crippen MR) is 135 cm³/mol. The van der Waals surface area contributed by atoms with Crippen LogP contribution in [0.2, 0.25) is 0 Å². The number of carbonyl (C=O) groups excluding carboxylic acids is 2. The van der Waals surface area contributed by atoms with Crippen molar-refractivity contribution in [1.82, 2.24) is 0 Å². The third-order valence-corrected chi connectivity index (χ3v) is 11.1. The fraction of sp³-hybridized carbons (Fsp3) is 0.793. The number of hydrogen-bond acceptors (Lipinski definition) is 11. The first-order chi connectivity index (χ1) is 18.9. The zero-order valence-electron chi connectivity index (χ0n) is 23.2. The Bertz CT molecular complexity index is 1160. The fourth-order valence-electron chi connectivity index (χ4n) is 8.09. The Balaban J connectivity index is 1.25. The highest BCUT2D eigenvalue weighted by molar-refractivity contribution is 5.82. The van der Waals surface area contributed by atoms with Crippen LogP contribution in [0.3, 0.4) is 0 Å². The van der Waals surface area contributed by atoms with E-state index in [1.165, 1.54) is 12.2 Å². The Kier molecular flexibility index (Phi) is 5.80. The molecule has 2 bridgehead atoms. The third kappa shape index (κ3) is 3.55. The Morgan fingerprint density at radius 3 is 2.52 bits per heavy atom. The number of epoxide rings is 3. The number of cyclic esters (lactones) is 1. The zero-order valence-corrected chi connectivity index (χ0v) is 23.2. The van der Waals surface area contributed by atoms with Gasteiger partial charge in [0.25, 0.3) is 0 Å². The monoisotopic (exact) mass is 562 g/mol. The number of carbonyl (C=O) groups is 2. The average Bonchev–Trinajstić information content (AvgIpc) is 3.81. The van der Waals surface area contributed by atoms with Gasteiger partial charge >= 0.3 is 11.9 Å². The van der Waals surface area contributed by atoms with Crippen LogP contribution in [0.1, 0.15) is 47.0 Å². The van der Waals surface area contributed by atoms with Crippen molar-refractivity contribution in [2.45, 2.75) is 113 Å². The number of aliphatic hydroxyl groups excluding tert-OH is 2. The molecular weight excluding hydrogens is 524 g/mol. The normalized spacial score (nSPS) is 57.2. The van der Waals surface area contributed by atoms with Gasteiger partial charge in [-0.05, 0) is 33.6 Å². The summed E-state index contributed by atoms with van der Waals surface area (Å²) < 4.78 is 42.6. The van der Waals surface area contributed by atoms with E-state index in [4.69, 9.17) is 33.2 Å². The summed E-state index contributed by atoms with van der Waals surface area (Å²) in [4.78, 5) is 26.4. The Morgan fingerprint density at radius 2 is 1.80 bits per heavy atom. The minimum Gasteiger partial charge on any atom is -0.463 e. The molecule has 5 aliphatic heterocycles. The number of ether oxygens (including phenoxy) is 7. The van der Waals surface area contributed by atoms with Crippen molar-refractivity contribution in [2.24, 2.45) is 10.8 Å². The van der Waals surface area contributed by atoms with Crippen LogP contribution < -0.4 is 0 Å². The molecule has 7 aliphatic rings. The summed E-state index contributed by atoms with van der Waals surface area (Å²) in [7, 11) is 0. The Labute approximate surface area is 232 Å². The maximum absolute atomic E-state index is 13.4. The molecule has 2 spiro atoms. The van der Waals surface area contributed by atoms with Crippen LogP contribution >= 0.6 is 0 Å². The number of esters is 2. The smallest absolute Gasteiger partial charge is 0.338 e. The molecule has 0 radical (unpaired) electrons. The lowest BCUT2D eigenvalue weighted by atomic mass is 9.50. The number of hydrogen-bond donors (Lipinski definition) is 2. The lowest BCUT2D eigenvalue weighted by Gasteiger charge is -2.58. The van der Waals surface area contributed by atoms with Gasteiger partial charge in [-0.15, -0.1) is 0 Å². The van der Waals surface area contributed by atoms with E-state index in [1.807, 2.05) is 0 Å². The molecule has 220 valence electrons. The number of rotatable bonds is 1. The Morgan fingerprint density at radius 1 is 1.02 bits per heavy atom. The van der Waals surface area contributed by atoms with E-state index >= 15 is 0 Å². The molecule has 5 heterocycles. The zero-order chi connectivity index (χ0) is 28.3. The SMILES string of the molecule is C[C@@H](O)[C@H]1/C=C/C=C\C(=O)O[C@@H]2C[C@H]3O[C@@H]4C5O[C@]5(C)CC[C@]4(COC(=O)C4O[C@]4(C)[C@@H](O)CO1)[C@]2(C)[C@]31CO1. The molecule has 0 aromatic heterocycles. The number of fused-ring (bicyclic) bond motifs is 3. The standard InChI is InChI=1S/C29H38O11/c1-15(30)16-7-5-6-8-20(32)37-18-11-19-29(14-36-29)27(18,4)28(10-9-25(2)21(39-25)22(28)38-19)13-35-24(33)23-26(3,40-23)17(31)12-34-16/h5-8,15-19,21-23,30-31H,9-14H2,1-4H3/b7-5+,8-6-/t15-,16-,17+,18-,19-,21?,22-,23?,25-,26-,27-,28-,29+/m1/s1. The van der Waals surface area contributed by atoms with Gasteiger partial charge in [0.05, 0.1) is 42.5 Å². The van der Waals surface area contributed by atoms with Gasteiger partial charge in [-0.25, -0.2) is 9.59 Å². The summed E-state index contributed by atoms with van der Waals surface area (Å²) in [5.74, 6) is -1.10. The van der Waals surface area contributed by atoms with Crippen LogP contribution in [0.5, 0.6) is 0 Å². The summed E-state index contributed by atoms with van der Waals surface area (Å²) in [5, 5.41) is 20.9. The second-order valence-electron chi connectivity index (χ2n) is 13.2. The van der Waals surface area contributed by atoms with Crippen LogP contribution in [0, 0.1) is 10.8 Å². The van der Waals surface area contributed by atoms with Gasteiger partial charge in [0.1, 0.15) is 42.2 Å². The molecule has 13 atom stereocenters. The fourth-order valence-corrected chi connectivity index (χ4v) is 8.09. The van der Waals surface area contributed by atoms with E-state index in [0.717, 1.165) is 6.42 Å². The van der Waals surface area contributed by atoms with Crippen molar-refractivity contribution in [2.75, 3.05) is 19.8 Å². The van der Waals surface area contributed by atoms with E-state index in [0.29, 0.717) is 19.4 Å². The summed E-state index contributed by atoms with van der Waals surface area (Å²) in [5.41, 5.74) is -3.54. The molecule has 4 saturated heterocycles. The third-order valence-electron chi connectivity index (χ3n) is 11.1. The van der Waals surface area contributed by atoms with Gasteiger partial charge < -0.3 is 43.4 Å². The molecule has 0 aromatic carbocycles. The largest absolute Gasteiger partial charge is 0.463 e.